The van der Waals surface area contributed by atoms with Crippen LogP contribution in [0.3, 0.4) is 0 Å². The SMILES string of the molecule is Cc1ccc(NC(=O)Nc2ccc(Br)o2)cc1C. The van der Waals surface area contributed by atoms with Gasteiger partial charge in [0.25, 0.3) is 0 Å². The summed E-state index contributed by atoms with van der Waals surface area (Å²) in [6.45, 7) is 4.03. The van der Waals surface area contributed by atoms with E-state index in [0.29, 0.717) is 10.6 Å². The number of carbonyl (C=O) groups is 1. The number of hydrogen-bond donors (Lipinski definition) is 2. The average Bonchev–Trinajstić information content (AvgIpc) is 2.69. The largest absolute Gasteiger partial charge is 0.434 e. The number of nitrogens with one attached hydrogen (secondary N) is 2. The first-order chi connectivity index (χ1) is 8.54. The Morgan fingerprint density at radius 1 is 1.11 bits per heavy atom. The van der Waals surface area contributed by atoms with E-state index in [-0.39, 0.29) is 6.03 Å². The molecule has 0 unspecified atom stereocenters. The third-order valence-corrected chi connectivity index (χ3v) is 3.00. The zero-order valence-electron chi connectivity index (χ0n) is 10.1. The van der Waals surface area contributed by atoms with Gasteiger partial charge in [0, 0.05) is 11.8 Å². The third-order valence-electron chi connectivity index (χ3n) is 2.57. The van der Waals surface area contributed by atoms with Gasteiger partial charge in [0.1, 0.15) is 0 Å². The molecule has 0 aliphatic rings. The van der Waals surface area contributed by atoms with Crippen LogP contribution in [0.25, 0.3) is 0 Å². The Morgan fingerprint density at radius 3 is 2.50 bits per heavy atom. The smallest absolute Gasteiger partial charge is 0.326 e. The van der Waals surface area contributed by atoms with Crippen LogP contribution >= 0.6 is 15.9 Å². The highest BCUT2D eigenvalue weighted by molar-refractivity contribution is 9.10. The molecule has 0 atom stereocenters. The summed E-state index contributed by atoms with van der Waals surface area (Å²) in [5.41, 5.74) is 3.07. The molecule has 2 amide bonds. The van der Waals surface area contributed by atoms with E-state index in [9.17, 15) is 4.79 Å². The lowest BCUT2D eigenvalue weighted by atomic mass is 10.1. The van der Waals surface area contributed by atoms with E-state index >= 15 is 0 Å². The summed E-state index contributed by atoms with van der Waals surface area (Å²) in [7, 11) is 0. The molecule has 1 aromatic heterocycles. The summed E-state index contributed by atoms with van der Waals surface area (Å²) in [6, 6.07) is 8.80. The van der Waals surface area contributed by atoms with Crippen molar-refractivity contribution in [3.63, 3.8) is 0 Å². The topological polar surface area (TPSA) is 54.3 Å². The van der Waals surface area contributed by atoms with Crippen molar-refractivity contribution in [3.05, 3.63) is 46.1 Å². The van der Waals surface area contributed by atoms with Gasteiger partial charge in [-0.2, -0.15) is 0 Å². The molecule has 0 aliphatic heterocycles. The molecule has 1 heterocycles. The lowest BCUT2D eigenvalue weighted by Gasteiger charge is -2.07. The van der Waals surface area contributed by atoms with Crippen molar-refractivity contribution in [2.24, 2.45) is 0 Å². The predicted molar refractivity (Wildman–Crippen MR) is 75.0 cm³/mol. The van der Waals surface area contributed by atoms with Crippen molar-refractivity contribution in [1.82, 2.24) is 0 Å². The van der Waals surface area contributed by atoms with E-state index in [1.54, 1.807) is 12.1 Å². The summed E-state index contributed by atoms with van der Waals surface area (Å²) in [4.78, 5) is 11.7. The molecule has 0 aliphatic carbocycles. The van der Waals surface area contributed by atoms with Crippen LogP contribution in [-0.4, -0.2) is 6.03 Å². The molecule has 0 spiro atoms. The molecule has 5 heteroatoms. The second-order valence-corrected chi connectivity index (χ2v) is 4.76. The molecule has 4 nitrogen and oxygen atoms in total. The van der Waals surface area contributed by atoms with Crippen molar-refractivity contribution in [1.29, 1.82) is 0 Å². The van der Waals surface area contributed by atoms with E-state index in [0.717, 1.165) is 11.3 Å². The van der Waals surface area contributed by atoms with Crippen LogP contribution in [0.4, 0.5) is 16.4 Å². The van der Waals surface area contributed by atoms with Gasteiger partial charge in [0.05, 0.1) is 0 Å². The van der Waals surface area contributed by atoms with Crippen LogP contribution in [0.15, 0.2) is 39.4 Å². The van der Waals surface area contributed by atoms with Crippen LogP contribution in [-0.2, 0) is 0 Å². The van der Waals surface area contributed by atoms with Gasteiger partial charge in [-0.15, -0.1) is 0 Å². The number of aryl methyl sites for hydroxylation is 2. The molecule has 18 heavy (non-hydrogen) atoms. The molecule has 1 aromatic carbocycles. The first-order valence-corrected chi connectivity index (χ1v) is 6.24. The van der Waals surface area contributed by atoms with Crippen LogP contribution in [0, 0.1) is 13.8 Å². The first-order valence-electron chi connectivity index (χ1n) is 5.45. The maximum absolute atomic E-state index is 11.7. The Kier molecular flexibility index (Phi) is 3.72. The van der Waals surface area contributed by atoms with E-state index < -0.39 is 0 Å². The fraction of sp³-hybridized carbons (Fsp3) is 0.154. The van der Waals surface area contributed by atoms with Crippen LogP contribution in [0.5, 0.6) is 0 Å². The maximum Gasteiger partial charge on any atom is 0.326 e. The lowest BCUT2D eigenvalue weighted by molar-refractivity contribution is 0.261. The molecular weight excluding hydrogens is 296 g/mol. The van der Waals surface area contributed by atoms with Crippen molar-refractivity contribution < 1.29 is 9.21 Å². The summed E-state index contributed by atoms with van der Waals surface area (Å²) >= 11 is 3.17. The fourth-order valence-corrected chi connectivity index (χ4v) is 1.78. The molecule has 0 saturated heterocycles. The molecule has 0 fully saturated rings. The molecule has 2 rings (SSSR count). The van der Waals surface area contributed by atoms with Crippen LogP contribution < -0.4 is 10.6 Å². The fourth-order valence-electron chi connectivity index (χ4n) is 1.47. The highest BCUT2D eigenvalue weighted by atomic mass is 79.9. The Hall–Kier alpha value is -1.75. The van der Waals surface area contributed by atoms with Gasteiger partial charge in [-0.25, -0.2) is 4.79 Å². The number of carbonyl (C=O) groups excluding carboxylic acids is 1. The Balaban J connectivity index is 2.00. The Labute approximate surface area is 114 Å². The number of furan rings is 1. The van der Waals surface area contributed by atoms with E-state index in [1.807, 2.05) is 32.0 Å². The van der Waals surface area contributed by atoms with E-state index in [4.69, 9.17) is 4.42 Å². The highest BCUT2D eigenvalue weighted by Crippen LogP contribution is 2.19. The summed E-state index contributed by atoms with van der Waals surface area (Å²) in [5.74, 6) is 0.392. The number of benzene rings is 1. The summed E-state index contributed by atoms with van der Waals surface area (Å²) < 4.78 is 5.75. The molecule has 0 bridgehead atoms. The van der Waals surface area contributed by atoms with Gasteiger partial charge in [-0.05, 0) is 59.1 Å². The molecule has 2 aromatic rings. The van der Waals surface area contributed by atoms with Gasteiger partial charge in [-0.3, -0.25) is 5.32 Å². The second-order valence-electron chi connectivity index (χ2n) is 3.98. The summed E-state index contributed by atoms with van der Waals surface area (Å²) in [5, 5.41) is 5.34. The van der Waals surface area contributed by atoms with Gasteiger partial charge in [0.2, 0.25) is 5.88 Å². The standard InChI is InChI=1S/C13H13BrN2O2/c1-8-3-4-10(7-9(8)2)15-13(17)16-12-6-5-11(14)18-12/h3-7H,1-2H3,(H2,15,16,17). The molecule has 2 N–H and O–H groups in total. The van der Waals surface area contributed by atoms with Crippen molar-refractivity contribution in [2.75, 3.05) is 10.6 Å². The second kappa shape index (κ2) is 5.27. The van der Waals surface area contributed by atoms with Crippen LogP contribution in [0.1, 0.15) is 11.1 Å². The zero-order chi connectivity index (χ0) is 13.1. The Bertz CT molecular complexity index is 578. The highest BCUT2D eigenvalue weighted by Gasteiger charge is 2.06. The van der Waals surface area contributed by atoms with Gasteiger partial charge in [-0.1, -0.05) is 6.07 Å². The van der Waals surface area contributed by atoms with Crippen molar-refractivity contribution in [2.45, 2.75) is 13.8 Å². The maximum atomic E-state index is 11.7. The van der Waals surface area contributed by atoms with Gasteiger partial charge < -0.3 is 9.73 Å². The summed E-state index contributed by atoms with van der Waals surface area (Å²) in [6.07, 6.45) is 0. The molecule has 0 saturated carbocycles. The minimum atomic E-state index is -0.333. The number of amides is 2. The van der Waals surface area contributed by atoms with Crippen molar-refractivity contribution in [3.8, 4) is 0 Å². The van der Waals surface area contributed by atoms with Crippen molar-refractivity contribution >= 4 is 33.5 Å². The quantitative estimate of drug-likeness (QED) is 0.869. The normalized spacial score (nSPS) is 10.2. The zero-order valence-corrected chi connectivity index (χ0v) is 11.7. The first kappa shape index (κ1) is 12.7. The monoisotopic (exact) mass is 308 g/mol. The number of urea groups is 1. The number of anilines is 2. The third kappa shape index (κ3) is 3.13. The van der Waals surface area contributed by atoms with Crippen LogP contribution in [0.2, 0.25) is 0 Å². The number of hydrogen-bond acceptors (Lipinski definition) is 2. The van der Waals surface area contributed by atoms with E-state index in [1.165, 1.54) is 5.56 Å². The minimum Gasteiger partial charge on any atom is -0.434 e. The molecular formula is C13H13BrN2O2. The van der Waals surface area contributed by atoms with Gasteiger partial charge in [0.15, 0.2) is 4.67 Å². The minimum absolute atomic E-state index is 0.333. The molecule has 0 radical (unpaired) electrons. The number of halogens is 1. The molecule has 94 valence electrons. The predicted octanol–water partition coefficient (Wildman–Crippen LogP) is 4.30. The Morgan fingerprint density at radius 2 is 1.89 bits per heavy atom. The average molecular weight is 309 g/mol. The lowest BCUT2D eigenvalue weighted by Crippen LogP contribution is -2.19. The van der Waals surface area contributed by atoms with E-state index in [2.05, 4.69) is 26.6 Å². The van der Waals surface area contributed by atoms with Gasteiger partial charge >= 0.3 is 6.03 Å². The number of rotatable bonds is 2.